The lowest BCUT2D eigenvalue weighted by Gasteiger charge is -2.68. The Kier molecular flexibility index (Phi) is 20.3. The van der Waals surface area contributed by atoms with Crippen LogP contribution in [0.4, 0.5) is 0 Å². The van der Waals surface area contributed by atoms with Crippen LogP contribution in [0.1, 0.15) is 119 Å². The van der Waals surface area contributed by atoms with Crippen LogP contribution in [0.2, 0.25) is 0 Å². The molecule has 0 bridgehead atoms. The van der Waals surface area contributed by atoms with Crippen molar-refractivity contribution in [3.63, 3.8) is 0 Å². The first-order chi connectivity index (χ1) is 37.5. The summed E-state index contributed by atoms with van der Waals surface area (Å²) in [5, 5.41) is 104. The molecule has 6 fully saturated rings. The van der Waals surface area contributed by atoms with E-state index in [1.165, 1.54) is 18.0 Å². The number of hydrogen-bond donors (Lipinski definition) is 9. The van der Waals surface area contributed by atoms with Crippen molar-refractivity contribution in [2.45, 2.75) is 173 Å². The molecule has 4 aliphatic heterocycles. The van der Waals surface area contributed by atoms with E-state index in [0.717, 1.165) is 49.6 Å². The summed E-state index contributed by atoms with van der Waals surface area (Å²) in [6.45, 7) is 16.4. The molecule has 1 aromatic carbocycles. The highest BCUT2D eigenvalue weighted by Gasteiger charge is 2.75. The van der Waals surface area contributed by atoms with Crippen LogP contribution in [0.5, 0.6) is 11.5 Å². The molecule has 0 unspecified atom stereocenters. The molecule has 4 saturated carbocycles. The third-order valence-electron chi connectivity index (χ3n) is 18.8. The number of phenolic OH excluding ortho intramolecular Hbond substituents is 1. The van der Waals surface area contributed by atoms with E-state index in [2.05, 4.69) is 10.2 Å². The molecule has 1 aromatic rings. The van der Waals surface area contributed by atoms with E-state index in [0.29, 0.717) is 75.1 Å². The van der Waals surface area contributed by atoms with Gasteiger partial charge in [-0.25, -0.2) is 9.59 Å². The number of phenols is 1. The standard InChI is InChI=1S/C29H44O12.C23H31NO7.C4H10N2O/c1-13-22(34)23(35)24(36)25(40-13)41-15-8-19(32)28(12-30)21-17(3-5-27(28,37)9-15)29(38)6-4-16(14-7-20(33)39-11-14)26(29,2)10-18(21)31;1-15(5-7-19(25)30-13-10-24-8-11-29-12-9-24)4-6-17-21(26)20-18(14-31-23(20)27)16(2)22(17)28-3;1-3-6(4-2)5-7/h7,13,15-19,21-25,30-32,34-38H,3-6,8-12H2,1-2H3;4,26H,5-14H2,1-3H3;3-4H2,1-2H3/b;15-4+;/t13-,15-,16+,17+,18+,19+,21+,22-,23+,24+,25-,26+,27-,28+,29-;;/m0../s1. The number of carbonyl (C=O) groups is 3. The van der Waals surface area contributed by atoms with Crippen molar-refractivity contribution in [3.05, 3.63) is 50.5 Å². The Labute approximate surface area is 461 Å². The van der Waals surface area contributed by atoms with E-state index in [1.54, 1.807) is 7.11 Å². The molecular weight excluding hydrogens is 1030 g/mol. The second-order valence-corrected chi connectivity index (χ2v) is 22.9. The number of rotatable bonds is 16. The molecule has 444 valence electrons. The van der Waals surface area contributed by atoms with Crippen molar-refractivity contribution in [1.82, 2.24) is 9.91 Å². The van der Waals surface area contributed by atoms with Gasteiger partial charge in [0.1, 0.15) is 55.2 Å². The third-order valence-corrected chi connectivity index (χ3v) is 18.8. The van der Waals surface area contributed by atoms with Gasteiger partial charge in [0.25, 0.3) is 0 Å². The summed E-state index contributed by atoms with van der Waals surface area (Å²) >= 11 is 0. The Bertz CT molecular complexity index is 2400. The summed E-state index contributed by atoms with van der Waals surface area (Å²) in [6, 6.07) is 0. The van der Waals surface area contributed by atoms with Crippen LogP contribution in [0.3, 0.4) is 0 Å². The number of aliphatic hydroxyl groups is 8. The van der Waals surface area contributed by atoms with Crippen molar-refractivity contribution in [2.24, 2.45) is 33.9 Å². The molecule has 15 atom stereocenters. The van der Waals surface area contributed by atoms with Gasteiger partial charge in [0.2, 0.25) is 0 Å². The smallest absolute Gasteiger partial charge is 0.342 e. The lowest BCUT2D eigenvalue weighted by atomic mass is 9.40. The Morgan fingerprint density at radius 3 is 2.30 bits per heavy atom. The van der Waals surface area contributed by atoms with Crippen LogP contribution in [0.25, 0.3) is 0 Å². The topological polar surface area (TPSA) is 334 Å². The minimum absolute atomic E-state index is 0.0369. The van der Waals surface area contributed by atoms with E-state index in [4.69, 9.17) is 33.2 Å². The summed E-state index contributed by atoms with van der Waals surface area (Å²) < 4.78 is 37.9. The maximum absolute atomic E-state index is 12.4. The van der Waals surface area contributed by atoms with Crippen molar-refractivity contribution in [2.75, 3.05) is 72.9 Å². The van der Waals surface area contributed by atoms with Gasteiger partial charge in [0.05, 0.1) is 73.2 Å². The van der Waals surface area contributed by atoms with Crippen LogP contribution in [0, 0.1) is 40.4 Å². The van der Waals surface area contributed by atoms with E-state index >= 15 is 0 Å². The van der Waals surface area contributed by atoms with Gasteiger partial charge in [0.15, 0.2) is 6.29 Å². The average molecular weight is 1120 g/mol. The molecule has 8 aliphatic rings. The summed E-state index contributed by atoms with van der Waals surface area (Å²) in [5.74, 6) is -2.20. The molecule has 0 amide bonds. The van der Waals surface area contributed by atoms with Gasteiger partial charge in [-0.1, -0.05) is 18.6 Å². The maximum Gasteiger partial charge on any atom is 0.342 e. The number of cyclic esters (lactones) is 2. The van der Waals surface area contributed by atoms with Gasteiger partial charge in [-0.2, -0.15) is 0 Å². The van der Waals surface area contributed by atoms with Crippen molar-refractivity contribution < 1.29 is 93.5 Å². The fourth-order valence-electron chi connectivity index (χ4n) is 14.3. The number of methoxy groups -OCH3 is 1. The molecule has 4 heterocycles. The molecule has 0 radical (unpaired) electrons. The minimum atomic E-state index is -1.67. The zero-order chi connectivity index (χ0) is 57.8. The number of nitrogens with zero attached hydrogens (tertiary/aromatic N) is 3. The van der Waals surface area contributed by atoms with E-state index in [9.17, 15) is 65.2 Å². The second kappa shape index (κ2) is 25.8. The van der Waals surface area contributed by atoms with Crippen LogP contribution < -0.4 is 4.74 Å². The number of esters is 3. The molecule has 79 heavy (non-hydrogen) atoms. The number of ether oxygens (including phenoxy) is 7. The largest absolute Gasteiger partial charge is 0.507 e. The van der Waals surface area contributed by atoms with Gasteiger partial charge in [-0.05, 0) is 103 Å². The zero-order valence-corrected chi connectivity index (χ0v) is 46.7. The molecule has 0 spiro atoms. The SMILES string of the molecule is CCN(CC)N=O.COc1c(C)c2c(c(O)c1C/C=C(\C)CCC(=O)OCCN1CCOCC1)C(=O)OC2.C[C@@H]1O[C@@H](O[C@H]2C[C@@H](O)[C@]3(CO)[C@H]4[C@H](O)C[C@]5(C)[C@@H](C6=CC(=O)OC6)CC[C@]5(O)[C@@H]4CC[C@]3(O)C2)[C@H](O)[C@H](O)[C@H]1O. The number of benzene rings is 1. The Morgan fingerprint density at radius 2 is 1.68 bits per heavy atom. The summed E-state index contributed by atoms with van der Waals surface area (Å²) in [5.41, 5.74) is -1.23. The monoisotopic (exact) mass is 1120 g/mol. The number of morpholine rings is 1. The summed E-state index contributed by atoms with van der Waals surface area (Å²) in [6.07, 6.45) is -3.51. The second-order valence-electron chi connectivity index (χ2n) is 22.9. The highest BCUT2D eigenvalue weighted by Crippen LogP contribution is 2.71. The third kappa shape index (κ3) is 12.1. The number of allylic oxidation sites excluding steroid dienone is 2. The molecule has 9 rings (SSSR count). The van der Waals surface area contributed by atoms with Crippen LogP contribution in [-0.2, 0) is 51.0 Å². The minimum Gasteiger partial charge on any atom is -0.507 e. The zero-order valence-electron chi connectivity index (χ0n) is 46.7. The summed E-state index contributed by atoms with van der Waals surface area (Å²) in [7, 11) is 1.54. The maximum atomic E-state index is 12.4. The fraction of sp³-hybridized carbons (Fsp3) is 0.768. The quantitative estimate of drug-likeness (QED) is 0.0285. The Morgan fingerprint density at radius 1 is 0.975 bits per heavy atom. The molecule has 2 saturated heterocycles. The van der Waals surface area contributed by atoms with Gasteiger partial charge >= 0.3 is 17.9 Å². The highest BCUT2D eigenvalue weighted by atomic mass is 16.7. The van der Waals surface area contributed by atoms with Crippen LogP contribution in [-0.4, -0.2) is 207 Å². The lowest BCUT2D eigenvalue weighted by molar-refractivity contribution is -0.342. The molecule has 23 heteroatoms. The van der Waals surface area contributed by atoms with E-state index in [1.807, 2.05) is 40.7 Å². The average Bonchev–Trinajstić information content (AvgIpc) is 4.25. The summed E-state index contributed by atoms with van der Waals surface area (Å²) in [4.78, 5) is 47.7. The van der Waals surface area contributed by atoms with Gasteiger partial charge in [-0.15, -0.1) is 4.91 Å². The normalized spacial score (nSPS) is 36.8. The first-order valence-corrected chi connectivity index (χ1v) is 27.9. The molecule has 23 nitrogen and oxygen atoms in total. The number of hydrogen-bond acceptors (Lipinski definition) is 22. The van der Waals surface area contributed by atoms with Crippen LogP contribution in [0.15, 0.2) is 28.6 Å². The number of nitroso groups, excluding NO2 is 1. The molecule has 9 N–H and O–H groups in total. The first kappa shape index (κ1) is 62.2. The van der Waals surface area contributed by atoms with Crippen molar-refractivity contribution >= 4 is 17.9 Å². The first-order valence-electron chi connectivity index (χ1n) is 27.9. The number of aromatic hydroxyl groups is 1. The van der Waals surface area contributed by atoms with Crippen molar-refractivity contribution in [3.8, 4) is 11.5 Å². The van der Waals surface area contributed by atoms with E-state index in [-0.39, 0.29) is 62.1 Å². The molecular formula is C56H85N3O20. The van der Waals surface area contributed by atoms with Gasteiger partial charge in [-0.3, -0.25) is 14.7 Å². The number of aliphatic hydroxyl groups excluding tert-OH is 6. The molecule has 0 aromatic heterocycles. The highest BCUT2D eigenvalue weighted by molar-refractivity contribution is 5.98. The number of carbonyl (C=O) groups excluding carboxylic acids is 3. The molecule has 4 aliphatic carbocycles. The predicted octanol–water partition coefficient (Wildman–Crippen LogP) is 2.02. The van der Waals surface area contributed by atoms with Crippen LogP contribution >= 0.6 is 0 Å². The van der Waals surface area contributed by atoms with Gasteiger partial charge in [0, 0.05) is 80.5 Å². The van der Waals surface area contributed by atoms with Crippen molar-refractivity contribution in [1.29, 1.82) is 0 Å². The van der Waals surface area contributed by atoms with E-state index < -0.39 is 101 Å². The van der Waals surface area contributed by atoms with Gasteiger partial charge < -0.3 is 79.1 Å². The number of fused-ring (bicyclic) bond motifs is 6. The predicted molar refractivity (Wildman–Crippen MR) is 281 cm³/mol. The Balaban J connectivity index is 0.000000211. The Hall–Kier alpha value is -4.37. The lowest BCUT2D eigenvalue weighted by Crippen LogP contribution is -2.76. The fourth-order valence-corrected chi connectivity index (χ4v) is 14.3.